The van der Waals surface area contributed by atoms with Crippen LogP contribution < -0.4 is 10.4 Å². The van der Waals surface area contributed by atoms with Gasteiger partial charge in [-0.3, -0.25) is 0 Å². The molecule has 1 fully saturated rings. The molecule has 182 valence electrons. The van der Waals surface area contributed by atoms with Gasteiger partial charge in [0.15, 0.2) is 6.29 Å². The van der Waals surface area contributed by atoms with Gasteiger partial charge in [-0.2, -0.15) is 0 Å². The number of benzene rings is 2. The first-order valence-corrected chi connectivity index (χ1v) is 13.3. The minimum atomic E-state index is -2.74. The summed E-state index contributed by atoms with van der Waals surface area (Å²) < 4.78 is 30.2. The maximum Gasteiger partial charge on any atom is 0.261 e. The van der Waals surface area contributed by atoms with Crippen molar-refractivity contribution in [2.45, 2.75) is 50.4 Å². The molecule has 6 nitrogen and oxygen atoms in total. The van der Waals surface area contributed by atoms with Crippen molar-refractivity contribution in [2.75, 3.05) is 34.5 Å². The average molecular weight is 475 g/mol. The molecule has 1 N–H and O–H groups in total. The Balaban J connectivity index is 2.02. The Morgan fingerprint density at radius 2 is 1.33 bits per heavy atom. The van der Waals surface area contributed by atoms with Crippen LogP contribution in [0, 0.1) is 5.92 Å². The number of hydrogen-bond donors (Lipinski definition) is 1. The Morgan fingerprint density at radius 1 is 0.818 bits per heavy atom. The van der Waals surface area contributed by atoms with Crippen molar-refractivity contribution in [1.29, 1.82) is 0 Å². The number of hydrogen-bond acceptors (Lipinski definition) is 6. The van der Waals surface area contributed by atoms with Crippen molar-refractivity contribution < 1.29 is 28.5 Å². The number of aliphatic hydroxyl groups is 1. The third-order valence-electron chi connectivity index (χ3n) is 6.67. The molecule has 1 aliphatic rings. The van der Waals surface area contributed by atoms with Crippen LogP contribution >= 0.6 is 0 Å². The van der Waals surface area contributed by atoms with E-state index in [0.29, 0.717) is 6.61 Å². The van der Waals surface area contributed by atoms with E-state index in [1.807, 2.05) is 12.1 Å². The lowest BCUT2D eigenvalue weighted by molar-refractivity contribution is -0.294. The highest BCUT2D eigenvalue weighted by molar-refractivity contribution is 6.99. The molecule has 3 rings (SSSR count). The molecule has 2 aromatic rings. The van der Waals surface area contributed by atoms with Crippen molar-refractivity contribution in [3.05, 3.63) is 60.7 Å². The monoisotopic (exact) mass is 474 g/mol. The molecule has 33 heavy (non-hydrogen) atoms. The molecular formula is C26H38O6Si. The van der Waals surface area contributed by atoms with Crippen LogP contribution in [0.5, 0.6) is 0 Å². The Labute approximate surface area is 198 Å². The predicted octanol–water partition coefficient (Wildman–Crippen LogP) is 2.57. The molecular weight excluding hydrogens is 436 g/mol. The first-order valence-electron chi connectivity index (χ1n) is 11.4. The average Bonchev–Trinajstić information content (AvgIpc) is 2.83. The van der Waals surface area contributed by atoms with E-state index in [1.165, 1.54) is 10.4 Å². The SMILES string of the molecule is CO[C@H]1O[C@H](CO[Si](c2ccccc2)(c2ccccc2)C(C)(C)C)[C@@H](CO)[C@H](OC)[C@H]1OC. The van der Waals surface area contributed by atoms with Crippen LogP contribution in [0.4, 0.5) is 0 Å². The third kappa shape index (κ3) is 5.10. The Morgan fingerprint density at radius 3 is 1.73 bits per heavy atom. The normalized spacial score (nSPS) is 26.3. The molecule has 0 spiro atoms. The van der Waals surface area contributed by atoms with E-state index in [2.05, 4.69) is 69.3 Å². The van der Waals surface area contributed by atoms with Gasteiger partial charge in [-0.25, -0.2) is 0 Å². The van der Waals surface area contributed by atoms with Gasteiger partial charge in [0.1, 0.15) is 6.10 Å². The van der Waals surface area contributed by atoms with Gasteiger partial charge in [-0.1, -0.05) is 81.4 Å². The van der Waals surface area contributed by atoms with Gasteiger partial charge in [-0.15, -0.1) is 0 Å². The Kier molecular flexibility index (Phi) is 8.86. The smallest absolute Gasteiger partial charge is 0.261 e. The minimum absolute atomic E-state index is 0.108. The van der Waals surface area contributed by atoms with E-state index in [-0.39, 0.29) is 23.7 Å². The fourth-order valence-corrected chi connectivity index (χ4v) is 9.63. The standard InChI is InChI=1S/C26H38O6Si/c1-26(2,3)33(19-13-9-7-10-14-19,20-15-11-8-12-16-20)31-18-22-21(17-27)23(28-4)24(29-5)25(30-6)32-22/h7-16,21-25,27H,17-18H2,1-6H3/t21-,22-,23+,24-,25+/m1/s1. The van der Waals surface area contributed by atoms with Gasteiger partial charge in [0.05, 0.1) is 25.4 Å². The first-order chi connectivity index (χ1) is 15.8. The Bertz CT molecular complexity index is 801. The maximum atomic E-state index is 10.3. The van der Waals surface area contributed by atoms with Crippen LogP contribution in [-0.2, 0) is 23.4 Å². The lowest BCUT2D eigenvalue weighted by Gasteiger charge is -2.47. The zero-order chi connectivity index (χ0) is 24.1. The van der Waals surface area contributed by atoms with Gasteiger partial charge < -0.3 is 28.5 Å². The summed E-state index contributed by atoms with van der Waals surface area (Å²) >= 11 is 0. The van der Waals surface area contributed by atoms with Crippen LogP contribution in [0.25, 0.3) is 0 Å². The molecule has 7 heteroatoms. The van der Waals surface area contributed by atoms with Crippen molar-refractivity contribution in [1.82, 2.24) is 0 Å². The van der Waals surface area contributed by atoms with Gasteiger partial charge >= 0.3 is 0 Å². The van der Waals surface area contributed by atoms with Gasteiger partial charge in [0, 0.05) is 27.2 Å². The first kappa shape index (κ1) is 26.0. The molecule has 1 saturated heterocycles. The summed E-state index contributed by atoms with van der Waals surface area (Å²) in [5.41, 5.74) is 0. The van der Waals surface area contributed by atoms with Crippen LogP contribution in [0.2, 0.25) is 5.04 Å². The quantitative estimate of drug-likeness (QED) is 0.564. The van der Waals surface area contributed by atoms with E-state index < -0.39 is 26.8 Å². The molecule has 2 aromatic carbocycles. The van der Waals surface area contributed by atoms with Crippen molar-refractivity contribution in [3.63, 3.8) is 0 Å². The minimum Gasteiger partial charge on any atom is -0.405 e. The van der Waals surface area contributed by atoms with Crippen LogP contribution in [0.1, 0.15) is 20.8 Å². The largest absolute Gasteiger partial charge is 0.405 e. The fourth-order valence-electron chi connectivity index (χ4n) is 5.06. The molecule has 1 heterocycles. The van der Waals surface area contributed by atoms with Crippen LogP contribution in [0.15, 0.2) is 60.7 Å². The summed E-state index contributed by atoms with van der Waals surface area (Å²) in [4.78, 5) is 0. The summed E-state index contributed by atoms with van der Waals surface area (Å²) in [5, 5.41) is 12.5. The number of aliphatic hydroxyl groups excluding tert-OH is 1. The van der Waals surface area contributed by atoms with E-state index in [9.17, 15) is 5.11 Å². The summed E-state index contributed by atoms with van der Waals surface area (Å²) in [7, 11) is 2.07. The van der Waals surface area contributed by atoms with Gasteiger partial charge in [-0.05, 0) is 15.4 Å². The number of rotatable bonds is 9. The van der Waals surface area contributed by atoms with E-state index >= 15 is 0 Å². The molecule has 5 atom stereocenters. The second-order valence-electron chi connectivity index (χ2n) is 9.50. The molecule has 0 unspecified atom stereocenters. The van der Waals surface area contributed by atoms with Gasteiger partial charge in [0.25, 0.3) is 8.32 Å². The van der Waals surface area contributed by atoms with E-state index in [1.54, 1.807) is 21.3 Å². The van der Waals surface area contributed by atoms with Crippen molar-refractivity contribution in [3.8, 4) is 0 Å². The van der Waals surface area contributed by atoms with E-state index in [4.69, 9.17) is 23.4 Å². The van der Waals surface area contributed by atoms with Crippen LogP contribution in [0.3, 0.4) is 0 Å². The summed E-state index contributed by atoms with van der Waals surface area (Å²) in [6.07, 6.45) is -1.86. The van der Waals surface area contributed by atoms with Gasteiger partial charge in [0.2, 0.25) is 0 Å². The summed E-state index contributed by atoms with van der Waals surface area (Å²) in [5.74, 6) is -0.315. The predicted molar refractivity (Wildman–Crippen MR) is 131 cm³/mol. The molecule has 0 radical (unpaired) electrons. The highest BCUT2D eigenvalue weighted by Crippen LogP contribution is 2.38. The molecule has 0 bridgehead atoms. The highest BCUT2D eigenvalue weighted by atomic mass is 28.4. The molecule has 0 amide bonds. The fraction of sp³-hybridized carbons (Fsp3) is 0.538. The molecule has 0 saturated carbocycles. The zero-order valence-corrected chi connectivity index (χ0v) is 21.6. The second kappa shape index (κ2) is 11.2. The van der Waals surface area contributed by atoms with Crippen molar-refractivity contribution >= 4 is 18.7 Å². The topological polar surface area (TPSA) is 66.4 Å². The summed E-state index contributed by atoms with van der Waals surface area (Å²) in [6.45, 7) is 6.91. The lowest BCUT2D eigenvalue weighted by Crippen LogP contribution is -2.68. The summed E-state index contributed by atoms with van der Waals surface area (Å²) in [6, 6.07) is 20.9. The zero-order valence-electron chi connectivity index (χ0n) is 20.6. The second-order valence-corrected chi connectivity index (χ2v) is 13.8. The third-order valence-corrected chi connectivity index (χ3v) is 11.7. The molecule has 1 aliphatic heterocycles. The number of methoxy groups -OCH3 is 3. The molecule has 0 aliphatic carbocycles. The van der Waals surface area contributed by atoms with Crippen molar-refractivity contribution in [2.24, 2.45) is 5.92 Å². The number of ether oxygens (including phenoxy) is 4. The lowest BCUT2D eigenvalue weighted by atomic mass is 9.89. The molecule has 0 aromatic heterocycles. The van der Waals surface area contributed by atoms with E-state index in [0.717, 1.165) is 0 Å². The maximum absolute atomic E-state index is 10.3. The van der Waals surface area contributed by atoms with Crippen LogP contribution in [-0.4, -0.2) is 72.6 Å². The highest BCUT2D eigenvalue weighted by Gasteiger charge is 2.52. The Hall–Kier alpha value is -1.58.